The fraction of sp³-hybridized carbons (Fsp3) is 0.217. The highest BCUT2D eigenvalue weighted by atomic mass is 32.2. The highest BCUT2D eigenvalue weighted by molar-refractivity contribution is 7.99. The van der Waals surface area contributed by atoms with E-state index < -0.39 is 0 Å². The van der Waals surface area contributed by atoms with Gasteiger partial charge >= 0.3 is 0 Å². The van der Waals surface area contributed by atoms with Gasteiger partial charge in [-0.05, 0) is 42.6 Å². The van der Waals surface area contributed by atoms with E-state index in [0.29, 0.717) is 34.8 Å². The molecule has 0 N–H and O–H groups in total. The van der Waals surface area contributed by atoms with Crippen LogP contribution in [0.3, 0.4) is 0 Å². The molecule has 162 valence electrons. The zero-order valence-electron chi connectivity index (χ0n) is 17.3. The number of thiophene rings is 1. The van der Waals surface area contributed by atoms with Crippen molar-refractivity contribution in [3.63, 3.8) is 0 Å². The lowest BCUT2D eigenvalue weighted by Gasteiger charge is -2.20. The summed E-state index contributed by atoms with van der Waals surface area (Å²) in [6, 6.07) is 14.6. The van der Waals surface area contributed by atoms with Gasteiger partial charge in [-0.1, -0.05) is 30.0 Å². The minimum absolute atomic E-state index is 0.0966. The molecule has 1 unspecified atom stereocenters. The normalized spacial score (nSPS) is 16.0. The fourth-order valence-electron chi connectivity index (χ4n) is 3.76. The van der Waals surface area contributed by atoms with E-state index in [9.17, 15) is 9.59 Å². The topological polar surface area (TPSA) is 80.7 Å². The molecule has 0 spiro atoms. The van der Waals surface area contributed by atoms with Gasteiger partial charge in [0.2, 0.25) is 0 Å². The maximum absolute atomic E-state index is 13.2. The Morgan fingerprint density at radius 2 is 2.09 bits per heavy atom. The summed E-state index contributed by atoms with van der Waals surface area (Å²) in [4.78, 5) is 31.8. The Balaban J connectivity index is 1.42. The third kappa shape index (κ3) is 3.78. The molecule has 1 aliphatic rings. The number of furan rings is 1. The van der Waals surface area contributed by atoms with Crippen molar-refractivity contribution in [2.45, 2.75) is 31.1 Å². The van der Waals surface area contributed by atoms with Crippen LogP contribution in [0.2, 0.25) is 0 Å². The molecule has 32 heavy (non-hydrogen) atoms. The number of amides is 1. The van der Waals surface area contributed by atoms with Crippen LogP contribution in [-0.2, 0) is 11.3 Å². The molecule has 1 aliphatic heterocycles. The highest BCUT2D eigenvalue weighted by Gasteiger charge is 2.35. The number of aromatic nitrogens is 2. The quantitative estimate of drug-likeness (QED) is 0.309. The Kier molecular flexibility index (Phi) is 5.67. The van der Waals surface area contributed by atoms with E-state index in [0.717, 1.165) is 10.6 Å². The van der Waals surface area contributed by atoms with E-state index in [2.05, 4.69) is 10.1 Å². The second-order valence-electron chi connectivity index (χ2n) is 7.25. The number of hydrazone groups is 1. The van der Waals surface area contributed by atoms with Crippen LogP contribution in [-0.4, -0.2) is 31.9 Å². The lowest BCUT2D eigenvalue weighted by atomic mass is 10.1. The van der Waals surface area contributed by atoms with Crippen molar-refractivity contribution in [3.8, 4) is 0 Å². The van der Waals surface area contributed by atoms with Crippen molar-refractivity contribution < 1.29 is 9.21 Å². The Bertz CT molecular complexity index is 1340. The fourth-order valence-corrected chi connectivity index (χ4v) is 5.40. The standard InChI is InChI=1S/C23H20N4O3S2/c1-2-26-22(29)15-7-3-4-8-16(15)24-23(26)32-14-21(28)27-18(19-9-5-11-30-19)13-17(25-27)20-10-6-12-31-20/h3-12,18H,2,13-14H2,1H3. The van der Waals surface area contributed by atoms with Crippen molar-refractivity contribution in [2.24, 2.45) is 5.10 Å². The van der Waals surface area contributed by atoms with Crippen LogP contribution in [0.5, 0.6) is 0 Å². The molecule has 1 aromatic carbocycles. The maximum atomic E-state index is 13.2. The van der Waals surface area contributed by atoms with Gasteiger partial charge in [-0.2, -0.15) is 5.10 Å². The van der Waals surface area contributed by atoms with Crippen LogP contribution < -0.4 is 5.56 Å². The monoisotopic (exact) mass is 464 g/mol. The minimum Gasteiger partial charge on any atom is -0.467 e. The Labute approximate surface area is 192 Å². The summed E-state index contributed by atoms with van der Waals surface area (Å²) in [6.45, 7) is 2.38. The highest BCUT2D eigenvalue weighted by Crippen LogP contribution is 2.34. The van der Waals surface area contributed by atoms with Gasteiger partial charge in [0, 0.05) is 13.0 Å². The molecular formula is C23H20N4O3S2. The van der Waals surface area contributed by atoms with Crippen LogP contribution in [0.25, 0.3) is 10.9 Å². The molecule has 0 saturated carbocycles. The van der Waals surface area contributed by atoms with Gasteiger partial charge in [0.05, 0.1) is 33.5 Å². The largest absolute Gasteiger partial charge is 0.467 e. The zero-order chi connectivity index (χ0) is 22.1. The number of thioether (sulfide) groups is 1. The number of nitrogens with zero attached hydrogens (tertiary/aromatic N) is 4. The van der Waals surface area contributed by atoms with Gasteiger partial charge in [-0.15, -0.1) is 11.3 Å². The number of fused-ring (bicyclic) bond motifs is 1. The van der Waals surface area contributed by atoms with Gasteiger partial charge in [-0.25, -0.2) is 9.99 Å². The summed E-state index contributed by atoms with van der Waals surface area (Å²) in [6.07, 6.45) is 2.20. The van der Waals surface area contributed by atoms with Crippen LogP contribution in [0, 0.1) is 0 Å². The molecule has 3 aromatic heterocycles. The number of benzene rings is 1. The molecule has 9 heteroatoms. The van der Waals surface area contributed by atoms with Gasteiger partial charge in [0.1, 0.15) is 11.8 Å². The van der Waals surface area contributed by atoms with E-state index in [-0.39, 0.29) is 23.3 Å². The van der Waals surface area contributed by atoms with Crippen LogP contribution in [0.1, 0.15) is 30.0 Å². The number of hydrogen-bond donors (Lipinski definition) is 0. The lowest BCUT2D eigenvalue weighted by molar-refractivity contribution is -0.130. The van der Waals surface area contributed by atoms with Crippen molar-refractivity contribution in [1.29, 1.82) is 0 Å². The molecule has 4 heterocycles. The molecule has 5 rings (SSSR count). The molecular weight excluding hydrogens is 444 g/mol. The first-order valence-electron chi connectivity index (χ1n) is 10.2. The van der Waals surface area contributed by atoms with Gasteiger partial charge in [-0.3, -0.25) is 14.2 Å². The van der Waals surface area contributed by atoms with E-state index in [1.54, 1.807) is 28.2 Å². The number of hydrogen-bond acceptors (Lipinski definition) is 7. The van der Waals surface area contributed by atoms with Crippen molar-refractivity contribution >= 4 is 45.6 Å². The Morgan fingerprint density at radius 1 is 1.22 bits per heavy atom. The molecule has 0 saturated heterocycles. The molecule has 1 amide bonds. The molecule has 0 aliphatic carbocycles. The predicted octanol–water partition coefficient (Wildman–Crippen LogP) is 4.54. The summed E-state index contributed by atoms with van der Waals surface area (Å²) in [5.74, 6) is 0.657. The van der Waals surface area contributed by atoms with Crippen LogP contribution >= 0.6 is 23.1 Å². The Morgan fingerprint density at radius 3 is 2.84 bits per heavy atom. The number of para-hydroxylation sites is 1. The minimum atomic E-state index is -0.284. The maximum Gasteiger partial charge on any atom is 0.262 e. The summed E-state index contributed by atoms with van der Waals surface area (Å²) in [5.41, 5.74) is 1.40. The molecule has 0 fully saturated rings. The Hall–Kier alpha value is -3.17. The molecule has 0 radical (unpaired) electrons. The van der Waals surface area contributed by atoms with E-state index >= 15 is 0 Å². The van der Waals surface area contributed by atoms with Gasteiger partial charge in [0.25, 0.3) is 11.5 Å². The molecule has 0 bridgehead atoms. The first kappa shape index (κ1) is 20.7. The third-order valence-electron chi connectivity index (χ3n) is 5.31. The van der Waals surface area contributed by atoms with E-state index in [4.69, 9.17) is 4.42 Å². The summed E-state index contributed by atoms with van der Waals surface area (Å²) in [5, 5.41) is 9.25. The van der Waals surface area contributed by atoms with E-state index in [1.165, 1.54) is 16.8 Å². The first-order chi connectivity index (χ1) is 15.7. The molecule has 7 nitrogen and oxygen atoms in total. The number of carbonyl (C=O) groups excluding carboxylic acids is 1. The van der Waals surface area contributed by atoms with Gasteiger partial charge in [0.15, 0.2) is 5.16 Å². The zero-order valence-corrected chi connectivity index (χ0v) is 18.9. The van der Waals surface area contributed by atoms with Crippen molar-refractivity contribution in [2.75, 3.05) is 5.75 Å². The van der Waals surface area contributed by atoms with E-state index in [1.807, 2.05) is 54.8 Å². The number of rotatable bonds is 6. The van der Waals surface area contributed by atoms with Gasteiger partial charge < -0.3 is 4.42 Å². The second kappa shape index (κ2) is 8.76. The van der Waals surface area contributed by atoms with Crippen LogP contribution in [0.4, 0.5) is 0 Å². The molecule has 4 aromatic rings. The third-order valence-corrected chi connectivity index (χ3v) is 7.19. The molecule has 1 atom stereocenters. The second-order valence-corrected chi connectivity index (χ2v) is 9.14. The smallest absolute Gasteiger partial charge is 0.262 e. The van der Waals surface area contributed by atoms with Crippen LogP contribution in [0.15, 0.2) is 79.6 Å². The summed E-state index contributed by atoms with van der Waals surface area (Å²) >= 11 is 2.86. The van der Waals surface area contributed by atoms with Crippen molar-refractivity contribution in [3.05, 3.63) is 81.2 Å². The first-order valence-corrected chi connectivity index (χ1v) is 12.1. The average molecular weight is 465 g/mol. The van der Waals surface area contributed by atoms with Crippen molar-refractivity contribution in [1.82, 2.24) is 14.6 Å². The SMILES string of the molecule is CCn1c(SCC(=O)N2N=C(c3cccs3)CC2c2ccco2)nc2ccccc2c1=O. The summed E-state index contributed by atoms with van der Waals surface area (Å²) in [7, 11) is 0. The average Bonchev–Trinajstić information content (AvgIpc) is 3.58. The predicted molar refractivity (Wildman–Crippen MR) is 126 cm³/mol. The number of carbonyl (C=O) groups is 1. The lowest BCUT2D eigenvalue weighted by Crippen LogP contribution is -2.29. The summed E-state index contributed by atoms with van der Waals surface area (Å²) < 4.78 is 7.20.